The van der Waals surface area contributed by atoms with Crippen LogP contribution in [-0.2, 0) is 6.54 Å². The number of carbonyl (C=O) groups excluding carboxylic acids is 1. The van der Waals surface area contributed by atoms with E-state index >= 15 is 0 Å². The third kappa shape index (κ3) is 4.01. The number of nitrogens with zero attached hydrogens (tertiary/aromatic N) is 4. The molecule has 3 aromatic rings. The number of carbonyl (C=O) groups is 1. The summed E-state index contributed by atoms with van der Waals surface area (Å²) < 4.78 is 6.87. The predicted octanol–water partition coefficient (Wildman–Crippen LogP) is 3.07. The molecule has 2 N–H and O–H groups in total. The summed E-state index contributed by atoms with van der Waals surface area (Å²) in [5, 5.41) is 0.591. The minimum absolute atomic E-state index is 0.131. The molecule has 0 spiro atoms. The largest absolute Gasteiger partial charge is 0.431 e. The average molecular weight is 383 g/mol. The predicted molar refractivity (Wildman–Crippen MR) is 105 cm³/mol. The number of fused-ring (bicyclic) bond motifs is 1. The molecule has 3 heterocycles. The van der Waals surface area contributed by atoms with Crippen LogP contribution in [0.3, 0.4) is 0 Å². The molecule has 1 fully saturated rings. The summed E-state index contributed by atoms with van der Waals surface area (Å²) in [4.78, 5) is 24.1. The van der Waals surface area contributed by atoms with Gasteiger partial charge < -0.3 is 15.4 Å². The number of ether oxygens (including phenoxy) is 1. The van der Waals surface area contributed by atoms with E-state index in [9.17, 15) is 4.79 Å². The molecule has 4 rings (SSSR count). The van der Waals surface area contributed by atoms with E-state index in [0.29, 0.717) is 17.4 Å². The molecule has 1 aliphatic heterocycles. The Labute approximate surface area is 161 Å². The Morgan fingerprint density at radius 3 is 2.81 bits per heavy atom. The normalized spacial score (nSPS) is 18.0. The summed E-state index contributed by atoms with van der Waals surface area (Å²) in [7, 11) is 0. The van der Waals surface area contributed by atoms with Crippen LogP contribution in [0.4, 0.5) is 4.79 Å². The standard InChI is InChI=1S/C19H21N5O2S/c1-13-11-23(9-10-24(13)18(20)25)12-14-4-6-15(7-5-14)26-19-22-17-16(27-19)3-2-8-21-17/h2-8,13H,9-12H2,1H3,(H2,20,25)/t13-/m1/s1. The van der Waals surface area contributed by atoms with Crippen LogP contribution in [0, 0.1) is 0 Å². The minimum atomic E-state index is -0.339. The van der Waals surface area contributed by atoms with Crippen LogP contribution in [0.1, 0.15) is 12.5 Å². The smallest absolute Gasteiger partial charge is 0.315 e. The van der Waals surface area contributed by atoms with Gasteiger partial charge in [-0.2, -0.15) is 4.98 Å². The molecule has 8 heteroatoms. The number of amides is 2. The maximum atomic E-state index is 11.4. The van der Waals surface area contributed by atoms with Crippen molar-refractivity contribution in [2.24, 2.45) is 5.73 Å². The van der Waals surface area contributed by atoms with Crippen molar-refractivity contribution in [3.05, 3.63) is 48.2 Å². The Bertz CT molecular complexity index is 910. The van der Waals surface area contributed by atoms with Gasteiger partial charge in [0.15, 0.2) is 5.65 Å². The highest BCUT2D eigenvalue weighted by Crippen LogP contribution is 2.30. The second-order valence-corrected chi connectivity index (χ2v) is 7.66. The SMILES string of the molecule is C[C@@H]1CN(Cc2ccc(Oc3nc4ncccc4s3)cc2)CCN1C(N)=O. The van der Waals surface area contributed by atoms with E-state index in [1.54, 1.807) is 11.1 Å². The molecule has 0 unspecified atom stereocenters. The zero-order valence-corrected chi connectivity index (χ0v) is 15.9. The highest BCUT2D eigenvalue weighted by molar-refractivity contribution is 7.20. The van der Waals surface area contributed by atoms with Crippen LogP contribution >= 0.6 is 11.3 Å². The number of thiazole rings is 1. The monoisotopic (exact) mass is 383 g/mol. The molecule has 140 valence electrons. The summed E-state index contributed by atoms with van der Waals surface area (Å²) in [6.45, 7) is 5.18. The van der Waals surface area contributed by atoms with Gasteiger partial charge in [-0.05, 0) is 36.8 Å². The molecule has 0 radical (unpaired) electrons. The molecule has 7 nitrogen and oxygen atoms in total. The molecule has 0 saturated carbocycles. The van der Waals surface area contributed by atoms with Gasteiger partial charge in [0, 0.05) is 38.4 Å². The fourth-order valence-electron chi connectivity index (χ4n) is 3.32. The number of urea groups is 1. The van der Waals surface area contributed by atoms with Crippen molar-refractivity contribution in [3.63, 3.8) is 0 Å². The molecular formula is C19H21N5O2S. The molecule has 2 aromatic heterocycles. The van der Waals surface area contributed by atoms with Crippen LogP contribution in [-0.4, -0.2) is 51.5 Å². The number of rotatable bonds is 4. The van der Waals surface area contributed by atoms with Gasteiger partial charge in [-0.3, -0.25) is 4.90 Å². The van der Waals surface area contributed by atoms with Gasteiger partial charge in [0.2, 0.25) is 0 Å². The van der Waals surface area contributed by atoms with Crippen LogP contribution in [0.15, 0.2) is 42.6 Å². The lowest BCUT2D eigenvalue weighted by Crippen LogP contribution is -2.55. The zero-order chi connectivity index (χ0) is 18.8. The lowest BCUT2D eigenvalue weighted by molar-refractivity contribution is 0.102. The Morgan fingerprint density at radius 2 is 2.11 bits per heavy atom. The first-order chi connectivity index (χ1) is 13.1. The molecule has 0 aliphatic carbocycles. The van der Waals surface area contributed by atoms with Gasteiger partial charge in [-0.1, -0.05) is 23.5 Å². The van der Waals surface area contributed by atoms with Crippen LogP contribution in [0.5, 0.6) is 10.9 Å². The Morgan fingerprint density at radius 1 is 1.30 bits per heavy atom. The summed E-state index contributed by atoms with van der Waals surface area (Å²) in [5.74, 6) is 0.754. The quantitative estimate of drug-likeness (QED) is 0.748. The highest BCUT2D eigenvalue weighted by Gasteiger charge is 2.25. The number of nitrogens with two attached hydrogens (primary N) is 1. The van der Waals surface area contributed by atoms with Crippen molar-refractivity contribution in [1.82, 2.24) is 19.8 Å². The minimum Gasteiger partial charge on any atom is -0.431 e. The maximum absolute atomic E-state index is 11.4. The second-order valence-electron chi connectivity index (χ2n) is 6.67. The first kappa shape index (κ1) is 17.7. The van der Waals surface area contributed by atoms with Crippen molar-refractivity contribution in [3.8, 4) is 10.9 Å². The lowest BCUT2D eigenvalue weighted by atomic mass is 10.1. The van der Waals surface area contributed by atoms with E-state index in [2.05, 4.69) is 27.0 Å². The molecule has 1 saturated heterocycles. The van der Waals surface area contributed by atoms with E-state index in [1.165, 1.54) is 16.9 Å². The first-order valence-electron chi connectivity index (χ1n) is 8.85. The van der Waals surface area contributed by atoms with E-state index in [-0.39, 0.29) is 12.1 Å². The topological polar surface area (TPSA) is 84.6 Å². The number of benzene rings is 1. The molecule has 0 bridgehead atoms. The Kier molecular flexibility index (Phi) is 4.91. The van der Waals surface area contributed by atoms with Crippen LogP contribution in [0.2, 0.25) is 0 Å². The van der Waals surface area contributed by atoms with E-state index in [4.69, 9.17) is 10.5 Å². The van der Waals surface area contributed by atoms with E-state index in [0.717, 1.165) is 30.1 Å². The third-order valence-electron chi connectivity index (χ3n) is 4.67. The van der Waals surface area contributed by atoms with Gasteiger partial charge in [-0.15, -0.1) is 0 Å². The van der Waals surface area contributed by atoms with Crippen molar-refractivity contribution in [1.29, 1.82) is 0 Å². The number of hydrogen-bond acceptors (Lipinski definition) is 6. The summed E-state index contributed by atoms with van der Waals surface area (Å²) in [5.41, 5.74) is 7.32. The van der Waals surface area contributed by atoms with Gasteiger partial charge in [-0.25, -0.2) is 9.78 Å². The number of piperazine rings is 1. The first-order valence-corrected chi connectivity index (χ1v) is 9.67. The second kappa shape index (κ2) is 7.50. The molecule has 1 aromatic carbocycles. The van der Waals surface area contributed by atoms with Gasteiger partial charge >= 0.3 is 6.03 Å². The average Bonchev–Trinajstić information content (AvgIpc) is 3.05. The van der Waals surface area contributed by atoms with Crippen LogP contribution < -0.4 is 10.5 Å². The Hall–Kier alpha value is -2.71. The fraction of sp³-hybridized carbons (Fsp3) is 0.316. The van der Waals surface area contributed by atoms with Crippen molar-refractivity contribution in [2.45, 2.75) is 19.5 Å². The Balaban J connectivity index is 1.37. The highest BCUT2D eigenvalue weighted by atomic mass is 32.1. The van der Waals surface area contributed by atoms with Crippen molar-refractivity contribution >= 4 is 27.7 Å². The zero-order valence-electron chi connectivity index (χ0n) is 15.0. The molecular weight excluding hydrogens is 362 g/mol. The van der Waals surface area contributed by atoms with Gasteiger partial charge in [0.25, 0.3) is 5.19 Å². The van der Waals surface area contributed by atoms with Crippen molar-refractivity contribution < 1.29 is 9.53 Å². The lowest BCUT2D eigenvalue weighted by Gasteiger charge is -2.38. The summed E-state index contributed by atoms with van der Waals surface area (Å²) in [6, 6.07) is 11.7. The third-order valence-corrected chi connectivity index (χ3v) is 5.56. The van der Waals surface area contributed by atoms with E-state index < -0.39 is 0 Å². The number of aromatic nitrogens is 2. The van der Waals surface area contributed by atoms with Gasteiger partial charge in [0.05, 0.1) is 4.70 Å². The van der Waals surface area contributed by atoms with Gasteiger partial charge in [0.1, 0.15) is 5.75 Å². The molecule has 27 heavy (non-hydrogen) atoms. The fourth-order valence-corrected chi connectivity index (χ4v) is 4.11. The summed E-state index contributed by atoms with van der Waals surface area (Å²) in [6.07, 6.45) is 1.73. The number of primary amides is 1. The molecule has 2 amide bonds. The summed E-state index contributed by atoms with van der Waals surface area (Å²) >= 11 is 1.48. The number of hydrogen-bond donors (Lipinski definition) is 1. The molecule has 1 atom stereocenters. The van der Waals surface area contributed by atoms with Crippen molar-refractivity contribution in [2.75, 3.05) is 19.6 Å². The maximum Gasteiger partial charge on any atom is 0.315 e. The van der Waals surface area contributed by atoms with E-state index in [1.807, 2.05) is 31.2 Å². The van der Waals surface area contributed by atoms with Crippen LogP contribution in [0.25, 0.3) is 10.3 Å². The molecule has 1 aliphatic rings. The number of pyridine rings is 1.